The van der Waals surface area contributed by atoms with Gasteiger partial charge in [-0.1, -0.05) is 34.1 Å². The standard InChI is InChI=1S/C19H16BrNO4/c1-12-9-13(20)7-8-17(12)25-11-18(22)21-10-15(19(23)24-2)14-5-3-4-6-16(14)21/h3-10H,11H2,1-2H3. The van der Waals surface area contributed by atoms with Crippen molar-refractivity contribution in [3.63, 3.8) is 0 Å². The average molecular weight is 402 g/mol. The molecule has 0 bridgehead atoms. The van der Waals surface area contributed by atoms with E-state index in [0.717, 1.165) is 10.0 Å². The van der Waals surface area contributed by atoms with Crippen molar-refractivity contribution < 1.29 is 19.1 Å². The lowest BCUT2D eigenvalue weighted by Crippen LogP contribution is -2.18. The van der Waals surface area contributed by atoms with Crippen molar-refractivity contribution in [2.45, 2.75) is 6.92 Å². The van der Waals surface area contributed by atoms with Crippen LogP contribution >= 0.6 is 15.9 Å². The monoisotopic (exact) mass is 401 g/mol. The number of methoxy groups -OCH3 is 1. The molecule has 0 aliphatic rings. The lowest BCUT2D eigenvalue weighted by molar-refractivity contribution is 0.0603. The van der Waals surface area contributed by atoms with Gasteiger partial charge in [-0.15, -0.1) is 0 Å². The van der Waals surface area contributed by atoms with Crippen LogP contribution in [0.5, 0.6) is 5.75 Å². The molecule has 0 N–H and O–H groups in total. The van der Waals surface area contributed by atoms with Gasteiger partial charge in [-0.3, -0.25) is 9.36 Å². The highest BCUT2D eigenvalue weighted by atomic mass is 79.9. The highest BCUT2D eigenvalue weighted by molar-refractivity contribution is 9.10. The van der Waals surface area contributed by atoms with Gasteiger partial charge >= 0.3 is 5.97 Å². The highest BCUT2D eigenvalue weighted by Gasteiger charge is 2.19. The molecule has 1 aromatic heterocycles. The van der Waals surface area contributed by atoms with Crippen LogP contribution < -0.4 is 4.74 Å². The van der Waals surface area contributed by atoms with Crippen molar-refractivity contribution >= 4 is 38.7 Å². The van der Waals surface area contributed by atoms with Crippen molar-refractivity contribution in [2.75, 3.05) is 13.7 Å². The van der Waals surface area contributed by atoms with Gasteiger partial charge in [0.2, 0.25) is 0 Å². The minimum Gasteiger partial charge on any atom is -0.483 e. The summed E-state index contributed by atoms with van der Waals surface area (Å²) in [6, 6.07) is 12.8. The fourth-order valence-corrected chi connectivity index (χ4v) is 3.12. The van der Waals surface area contributed by atoms with Crippen LogP contribution in [-0.4, -0.2) is 30.2 Å². The van der Waals surface area contributed by atoms with E-state index in [2.05, 4.69) is 15.9 Å². The van der Waals surface area contributed by atoms with E-state index in [9.17, 15) is 9.59 Å². The van der Waals surface area contributed by atoms with Gasteiger partial charge in [0.25, 0.3) is 5.91 Å². The second-order valence-electron chi connectivity index (χ2n) is 5.51. The number of para-hydroxylation sites is 1. The first-order valence-corrected chi connectivity index (χ1v) is 8.41. The van der Waals surface area contributed by atoms with Crippen LogP contribution in [0.1, 0.15) is 20.7 Å². The van der Waals surface area contributed by atoms with Crippen LogP contribution in [0, 0.1) is 6.92 Å². The van der Waals surface area contributed by atoms with Gasteiger partial charge in [-0.05, 0) is 36.8 Å². The number of carbonyl (C=O) groups is 2. The Morgan fingerprint density at radius 3 is 2.64 bits per heavy atom. The zero-order valence-electron chi connectivity index (χ0n) is 13.8. The van der Waals surface area contributed by atoms with E-state index in [0.29, 0.717) is 22.2 Å². The fourth-order valence-electron chi connectivity index (χ4n) is 2.64. The summed E-state index contributed by atoms with van der Waals surface area (Å²) in [5, 5.41) is 0.669. The van der Waals surface area contributed by atoms with Crippen LogP contribution in [0.2, 0.25) is 0 Å². The number of hydrogen-bond donors (Lipinski definition) is 0. The number of hydrogen-bond acceptors (Lipinski definition) is 4. The molecule has 3 rings (SSSR count). The van der Waals surface area contributed by atoms with Gasteiger partial charge in [0, 0.05) is 16.1 Å². The fraction of sp³-hybridized carbons (Fsp3) is 0.158. The summed E-state index contributed by atoms with van der Waals surface area (Å²) in [6.07, 6.45) is 1.50. The molecule has 0 atom stereocenters. The summed E-state index contributed by atoms with van der Waals surface area (Å²) >= 11 is 3.39. The first-order chi connectivity index (χ1) is 12.0. The van der Waals surface area contributed by atoms with Crippen LogP contribution in [0.3, 0.4) is 0 Å². The van der Waals surface area contributed by atoms with Crippen LogP contribution in [0.4, 0.5) is 0 Å². The van der Waals surface area contributed by atoms with Crippen LogP contribution in [0.15, 0.2) is 53.1 Å². The zero-order valence-corrected chi connectivity index (χ0v) is 15.4. The van der Waals surface area contributed by atoms with Crippen molar-refractivity contribution in [1.82, 2.24) is 4.57 Å². The van der Waals surface area contributed by atoms with Gasteiger partial charge in [0.1, 0.15) is 5.75 Å². The summed E-state index contributed by atoms with van der Waals surface area (Å²) in [4.78, 5) is 24.5. The molecule has 2 aromatic carbocycles. The largest absolute Gasteiger partial charge is 0.483 e. The summed E-state index contributed by atoms with van der Waals surface area (Å²) in [6.45, 7) is 1.77. The first-order valence-electron chi connectivity index (χ1n) is 7.62. The van der Waals surface area contributed by atoms with Crippen molar-refractivity contribution in [1.29, 1.82) is 0 Å². The molecule has 1 heterocycles. The van der Waals surface area contributed by atoms with Crippen LogP contribution in [0.25, 0.3) is 10.9 Å². The Hall–Kier alpha value is -2.60. The molecule has 0 aliphatic heterocycles. The van der Waals surface area contributed by atoms with E-state index in [-0.39, 0.29) is 12.5 Å². The Kier molecular flexibility index (Phi) is 4.90. The van der Waals surface area contributed by atoms with Gasteiger partial charge in [-0.2, -0.15) is 0 Å². The second kappa shape index (κ2) is 7.11. The number of aromatic nitrogens is 1. The van der Waals surface area contributed by atoms with E-state index in [4.69, 9.17) is 9.47 Å². The lowest BCUT2D eigenvalue weighted by atomic mass is 10.2. The molecule has 0 fully saturated rings. The predicted octanol–water partition coefficient (Wildman–Crippen LogP) is 4.22. The van der Waals surface area contributed by atoms with Crippen molar-refractivity contribution in [3.05, 3.63) is 64.3 Å². The van der Waals surface area contributed by atoms with Crippen molar-refractivity contribution in [2.24, 2.45) is 0 Å². The second-order valence-corrected chi connectivity index (χ2v) is 6.43. The summed E-state index contributed by atoms with van der Waals surface area (Å²) < 4.78 is 12.8. The topological polar surface area (TPSA) is 57.5 Å². The number of fused-ring (bicyclic) bond motifs is 1. The van der Waals surface area contributed by atoms with Gasteiger partial charge in [-0.25, -0.2) is 4.79 Å². The minimum atomic E-state index is -0.479. The van der Waals surface area contributed by atoms with Gasteiger partial charge in [0.15, 0.2) is 6.61 Å². The van der Waals surface area contributed by atoms with Crippen LogP contribution in [-0.2, 0) is 4.74 Å². The van der Waals surface area contributed by atoms with E-state index >= 15 is 0 Å². The molecule has 25 heavy (non-hydrogen) atoms. The van der Waals surface area contributed by atoms with E-state index in [1.165, 1.54) is 17.9 Å². The van der Waals surface area contributed by atoms with E-state index < -0.39 is 5.97 Å². The molecule has 0 spiro atoms. The lowest BCUT2D eigenvalue weighted by Gasteiger charge is -2.09. The summed E-state index contributed by atoms with van der Waals surface area (Å²) in [5.41, 5.74) is 1.92. The third-order valence-corrected chi connectivity index (χ3v) is 4.37. The summed E-state index contributed by atoms with van der Waals surface area (Å²) in [7, 11) is 1.32. The molecule has 0 unspecified atom stereocenters. The number of ether oxygens (including phenoxy) is 2. The maximum atomic E-state index is 12.6. The number of aryl methyl sites for hydroxylation is 1. The SMILES string of the molecule is COC(=O)c1cn(C(=O)COc2ccc(Br)cc2C)c2ccccc12. The maximum absolute atomic E-state index is 12.6. The predicted molar refractivity (Wildman–Crippen MR) is 98.3 cm³/mol. The van der Waals surface area contributed by atoms with Gasteiger partial charge < -0.3 is 9.47 Å². The number of benzene rings is 2. The number of rotatable bonds is 4. The minimum absolute atomic E-state index is 0.137. The number of esters is 1. The van der Waals surface area contributed by atoms with Crippen molar-refractivity contribution in [3.8, 4) is 5.75 Å². The molecule has 5 nitrogen and oxygen atoms in total. The first kappa shape index (κ1) is 17.2. The number of carbonyl (C=O) groups excluding carboxylic acids is 2. The Balaban J connectivity index is 1.88. The highest BCUT2D eigenvalue weighted by Crippen LogP contribution is 2.24. The normalized spacial score (nSPS) is 10.7. The molecule has 128 valence electrons. The maximum Gasteiger partial charge on any atom is 0.340 e. The Labute approximate surface area is 153 Å². The zero-order chi connectivity index (χ0) is 18.0. The molecule has 6 heteroatoms. The van der Waals surface area contributed by atoms with Gasteiger partial charge in [0.05, 0.1) is 18.2 Å². The number of halogens is 1. The molecule has 0 saturated carbocycles. The molecular weight excluding hydrogens is 386 g/mol. The Morgan fingerprint density at radius 2 is 1.92 bits per heavy atom. The Morgan fingerprint density at radius 1 is 1.16 bits per heavy atom. The third kappa shape index (κ3) is 3.44. The third-order valence-electron chi connectivity index (χ3n) is 3.87. The average Bonchev–Trinajstić information content (AvgIpc) is 3.00. The quantitative estimate of drug-likeness (QED) is 0.614. The molecule has 0 amide bonds. The molecule has 0 saturated heterocycles. The molecule has 0 radical (unpaired) electrons. The van der Waals surface area contributed by atoms with E-state index in [1.54, 1.807) is 18.2 Å². The Bertz CT molecular complexity index is 961. The van der Waals surface area contributed by atoms with E-state index in [1.807, 2.05) is 31.2 Å². The molecule has 0 aliphatic carbocycles. The molecular formula is C19H16BrNO4. The number of nitrogens with zero attached hydrogens (tertiary/aromatic N) is 1. The summed E-state index contributed by atoms with van der Waals surface area (Å²) in [5.74, 6) is -0.109. The smallest absolute Gasteiger partial charge is 0.340 e. The molecule has 3 aromatic rings.